The van der Waals surface area contributed by atoms with E-state index in [-0.39, 0.29) is 5.82 Å². The average molecular weight is 295 g/mol. The van der Waals surface area contributed by atoms with Gasteiger partial charge in [-0.15, -0.1) is 11.8 Å². The SMILES string of the molecule is CCNC(CSc1ccccc1F)Cc1ccsc1. The van der Waals surface area contributed by atoms with Crippen LogP contribution in [0.5, 0.6) is 0 Å². The molecule has 19 heavy (non-hydrogen) atoms. The van der Waals surface area contributed by atoms with Crippen molar-refractivity contribution < 1.29 is 4.39 Å². The van der Waals surface area contributed by atoms with Crippen molar-refractivity contribution in [3.63, 3.8) is 0 Å². The lowest BCUT2D eigenvalue weighted by Crippen LogP contribution is -2.33. The number of likely N-dealkylation sites (N-methyl/N-ethyl adjacent to an activating group) is 1. The van der Waals surface area contributed by atoms with Crippen molar-refractivity contribution in [1.82, 2.24) is 5.32 Å². The smallest absolute Gasteiger partial charge is 0.136 e. The molecule has 0 aliphatic rings. The van der Waals surface area contributed by atoms with Gasteiger partial charge < -0.3 is 5.32 Å². The lowest BCUT2D eigenvalue weighted by molar-refractivity contribution is 0.571. The molecule has 0 bridgehead atoms. The molecule has 102 valence electrons. The topological polar surface area (TPSA) is 12.0 Å². The van der Waals surface area contributed by atoms with E-state index in [1.54, 1.807) is 29.2 Å². The van der Waals surface area contributed by atoms with E-state index in [4.69, 9.17) is 0 Å². The van der Waals surface area contributed by atoms with Crippen LogP contribution >= 0.6 is 23.1 Å². The highest BCUT2D eigenvalue weighted by molar-refractivity contribution is 7.99. The van der Waals surface area contributed by atoms with E-state index in [1.807, 2.05) is 12.1 Å². The van der Waals surface area contributed by atoms with Gasteiger partial charge in [0.25, 0.3) is 0 Å². The number of nitrogens with one attached hydrogen (secondary N) is 1. The number of rotatable bonds is 7. The summed E-state index contributed by atoms with van der Waals surface area (Å²) in [6.45, 7) is 3.04. The lowest BCUT2D eigenvalue weighted by Gasteiger charge is -2.17. The molecule has 1 N–H and O–H groups in total. The molecule has 0 spiro atoms. The van der Waals surface area contributed by atoms with Gasteiger partial charge in [-0.1, -0.05) is 19.1 Å². The number of benzene rings is 1. The third kappa shape index (κ3) is 4.64. The fraction of sp³-hybridized carbons (Fsp3) is 0.333. The summed E-state index contributed by atoms with van der Waals surface area (Å²) in [7, 11) is 0. The van der Waals surface area contributed by atoms with E-state index in [0.29, 0.717) is 6.04 Å². The van der Waals surface area contributed by atoms with Crippen LogP contribution in [0.2, 0.25) is 0 Å². The molecule has 0 aliphatic carbocycles. The Morgan fingerprint density at radius 3 is 2.84 bits per heavy atom. The molecule has 4 heteroatoms. The van der Waals surface area contributed by atoms with Crippen LogP contribution in [0, 0.1) is 5.82 Å². The summed E-state index contributed by atoms with van der Waals surface area (Å²) in [5.41, 5.74) is 1.35. The fourth-order valence-electron chi connectivity index (χ4n) is 1.92. The number of hydrogen-bond donors (Lipinski definition) is 1. The Labute approximate surface area is 122 Å². The molecular weight excluding hydrogens is 277 g/mol. The molecule has 0 amide bonds. The van der Waals surface area contributed by atoms with Gasteiger partial charge in [0.1, 0.15) is 5.82 Å². The van der Waals surface area contributed by atoms with E-state index in [9.17, 15) is 4.39 Å². The summed E-state index contributed by atoms with van der Waals surface area (Å²) >= 11 is 3.30. The molecular formula is C15H18FNS2. The van der Waals surface area contributed by atoms with Crippen molar-refractivity contribution in [3.8, 4) is 0 Å². The van der Waals surface area contributed by atoms with Gasteiger partial charge in [0.15, 0.2) is 0 Å². The predicted molar refractivity (Wildman–Crippen MR) is 82.6 cm³/mol. The first-order valence-corrected chi connectivity index (χ1v) is 8.34. The fourth-order valence-corrected chi connectivity index (χ4v) is 3.60. The molecule has 1 nitrogen and oxygen atoms in total. The molecule has 0 saturated carbocycles. The first kappa shape index (κ1) is 14.6. The van der Waals surface area contributed by atoms with E-state index in [2.05, 4.69) is 29.1 Å². The van der Waals surface area contributed by atoms with E-state index in [0.717, 1.165) is 23.6 Å². The molecule has 1 heterocycles. The van der Waals surface area contributed by atoms with Crippen molar-refractivity contribution in [2.45, 2.75) is 24.3 Å². The Kier molecular flexibility index (Phi) is 5.89. The third-order valence-electron chi connectivity index (χ3n) is 2.83. The highest BCUT2D eigenvalue weighted by Crippen LogP contribution is 2.23. The zero-order chi connectivity index (χ0) is 13.5. The zero-order valence-electron chi connectivity index (χ0n) is 10.9. The van der Waals surface area contributed by atoms with Crippen LogP contribution in [0.4, 0.5) is 4.39 Å². The average Bonchev–Trinajstić information content (AvgIpc) is 2.91. The van der Waals surface area contributed by atoms with Gasteiger partial charge in [-0.25, -0.2) is 4.39 Å². The van der Waals surface area contributed by atoms with Crippen LogP contribution in [-0.2, 0) is 6.42 Å². The number of thiophene rings is 1. The molecule has 1 aromatic carbocycles. The van der Waals surface area contributed by atoms with Gasteiger partial charge in [0.05, 0.1) is 0 Å². The van der Waals surface area contributed by atoms with Crippen molar-refractivity contribution in [2.24, 2.45) is 0 Å². The van der Waals surface area contributed by atoms with Gasteiger partial charge >= 0.3 is 0 Å². The van der Waals surface area contributed by atoms with E-state index in [1.165, 1.54) is 11.6 Å². The normalized spacial score (nSPS) is 12.5. The van der Waals surface area contributed by atoms with E-state index < -0.39 is 0 Å². The summed E-state index contributed by atoms with van der Waals surface area (Å²) in [4.78, 5) is 0.732. The summed E-state index contributed by atoms with van der Waals surface area (Å²) < 4.78 is 13.6. The molecule has 1 aromatic heterocycles. The van der Waals surface area contributed by atoms with Gasteiger partial charge in [-0.2, -0.15) is 11.3 Å². The Bertz CT molecular complexity index is 485. The maximum atomic E-state index is 13.6. The minimum atomic E-state index is -0.127. The summed E-state index contributed by atoms with van der Waals surface area (Å²) in [5, 5.41) is 7.75. The van der Waals surface area contributed by atoms with Crippen molar-refractivity contribution in [1.29, 1.82) is 0 Å². The zero-order valence-corrected chi connectivity index (χ0v) is 12.6. The van der Waals surface area contributed by atoms with Crippen LogP contribution in [0.1, 0.15) is 12.5 Å². The molecule has 1 atom stereocenters. The highest BCUT2D eigenvalue weighted by atomic mass is 32.2. The Morgan fingerprint density at radius 1 is 1.32 bits per heavy atom. The minimum Gasteiger partial charge on any atom is -0.313 e. The van der Waals surface area contributed by atoms with Gasteiger partial charge in [0, 0.05) is 16.7 Å². The standard InChI is InChI=1S/C15H18FNS2/c1-2-17-13(9-12-7-8-18-10-12)11-19-15-6-4-3-5-14(15)16/h3-8,10,13,17H,2,9,11H2,1H3. The second-order valence-electron chi connectivity index (χ2n) is 4.33. The van der Waals surface area contributed by atoms with Crippen LogP contribution in [-0.4, -0.2) is 18.3 Å². The summed E-state index contributed by atoms with van der Waals surface area (Å²) in [6, 6.07) is 9.50. The molecule has 2 aromatic rings. The summed E-state index contributed by atoms with van der Waals surface area (Å²) in [6.07, 6.45) is 0.999. The first-order valence-electron chi connectivity index (χ1n) is 6.41. The number of hydrogen-bond acceptors (Lipinski definition) is 3. The minimum absolute atomic E-state index is 0.127. The van der Waals surface area contributed by atoms with Crippen molar-refractivity contribution in [3.05, 3.63) is 52.5 Å². The molecule has 0 saturated heterocycles. The largest absolute Gasteiger partial charge is 0.313 e. The van der Waals surface area contributed by atoms with Gasteiger partial charge in [0.2, 0.25) is 0 Å². The quantitative estimate of drug-likeness (QED) is 0.768. The number of thioether (sulfide) groups is 1. The van der Waals surface area contributed by atoms with Crippen LogP contribution in [0.25, 0.3) is 0 Å². The Balaban J connectivity index is 1.91. The predicted octanol–water partition coefficient (Wildman–Crippen LogP) is 4.20. The summed E-state index contributed by atoms with van der Waals surface area (Å²) in [5.74, 6) is 0.753. The first-order chi connectivity index (χ1) is 9.29. The lowest BCUT2D eigenvalue weighted by atomic mass is 10.1. The van der Waals surface area contributed by atoms with E-state index >= 15 is 0 Å². The molecule has 2 rings (SSSR count). The second-order valence-corrected chi connectivity index (χ2v) is 6.17. The third-order valence-corrected chi connectivity index (χ3v) is 4.77. The van der Waals surface area contributed by atoms with Gasteiger partial charge in [-0.05, 0) is 47.5 Å². The van der Waals surface area contributed by atoms with Crippen LogP contribution in [0.15, 0.2) is 46.0 Å². The molecule has 1 unspecified atom stereocenters. The molecule has 0 radical (unpaired) electrons. The Hall–Kier alpha value is -0.840. The molecule has 0 aliphatic heterocycles. The Morgan fingerprint density at radius 2 is 2.16 bits per heavy atom. The van der Waals surface area contributed by atoms with Crippen LogP contribution in [0.3, 0.4) is 0 Å². The maximum Gasteiger partial charge on any atom is 0.136 e. The van der Waals surface area contributed by atoms with Crippen molar-refractivity contribution >= 4 is 23.1 Å². The number of halogens is 1. The van der Waals surface area contributed by atoms with Crippen LogP contribution < -0.4 is 5.32 Å². The maximum absolute atomic E-state index is 13.6. The monoisotopic (exact) mass is 295 g/mol. The highest BCUT2D eigenvalue weighted by Gasteiger charge is 2.11. The van der Waals surface area contributed by atoms with Gasteiger partial charge in [-0.3, -0.25) is 0 Å². The van der Waals surface area contributed by atoms with Crippen molar-refractivity contribution in [2.75, 3.05) is 12.3 Å². The molecule has 0 fully saturated rings. The second kappa shape index (κ2) is 7.68.